The van der Waals surface area contributed by atoms with Crippen LogP contribution in [-0.2, 0) is 4.74 Å². The Balaban J connectivity index is 2.41. The van der Waals surface area contributed by atoms with E-state index in [-0.39, 0.29) is 29.0 Å². The van der Waals surface area contributed by atoms with Gasteiger partial charge in [-0.05, 0) is 42.8 Å². The summed E-state index contributed by atoms with van der Waals surface area (Å²) in [7, 11) is 0. The number of nitrogens with zero attached hydrogens (tertiary/aromatic N) is 1. The van der Waals surface area contributed by atoms with E-state index in [0.29, 0.717) is 5.56 Å². The first kappa shape index (κ1) is 16.4. The smallest absolute Gasteiger partial charge is 0.418 e. The Kier molecular flexibility index (Phi) is 4.06. The molecule has 0 saturated heterocycles. The van der Waals surface area contributed by atoms with Gasteiger partial charge in [0, 0.05) is 12.1 Å². The highest BCUT2D eigenvalue weighted by Gasteiger charge is 2.19. The molecule has 3 rings (SSSR count). The molecule has 7 heteroatoms. The van der Waals surface area contributed by atoms with Crippen molar-refractivity contribution in [3.05, 3.63) is 52.7 Å². The van der Waals surface area contributed by atoms with Crippen LogP contribution in [0, 0.1) is 0 Å². The zero-order valence-corrected chi connectivity index (χ0v) is 13.3. The molecule has 0 aliphatic rings. The van der Waals surface area contributed by atoms with Crippen molar-refractivity contribution in [2.75, 3.05) is 6.61 Å². The number of aromatic hydroxyl groups is 3. The van der Waals surface area contributed by atoms with Gasteiger partial charge in [-0.15, -0.1) is 0 Å². The Morgan fingerprint density at radius 2 is 1.68 bits per heavy atom. The molecule has 3 N–H and O–H groups in total. The molecular weight excluding hydrogens is 326 g/mol. The van der Waals surface area contributed by atoms with Gasteiger partial charge in [0.2, 0.25) is 0 Å². The maximum atomic E-state index is 12.5. The number of phenols is 3. The van der Waals surface area contributed by atoms with E-state index >= 15 is 0 Å². The first-order valence-corrected chi connectivity index (χ1v) is 7.50. The second kappa shape index (κ2) is 6.20. The van der Waals surface area contributed by atoms with Crippen molar-refractivity contribution < 1.29 is 24.9 Å². The van der Waals surface area contributed by atoms with E-state index in [2.05, 4.69) is 0 Å². The number of phenolic OH excluding ortho intramolecular Hbond substituents is 3. The third-order valence-electron chi connectivity index (χ3n) is 3.72. The molecule has 0 aliphatic carbocycles. The van der Waals surface area contributed by atoms with Gasteiger partial charge in [0.25, 0.3) is 0 Å². The molecule has 0 radical (unpaired) electrons. The van der Waals surface area contributed by atoms with Crippen LogP contribution in [0.1, 0.15) is 6.92 Å². The maximum Gasteiger partial charge on any atom is 0.418 e. The average molecular weight is 341 g/mol. The Morgan fingerprint density at radius 3 is 2.32 bits per heavy atom. The van der Waals surface area contributed by atoms with Gasteiger partial charge in [-0.25, -0.2) is 9.36 Å². The van der Waals surface area contributed by atoms with Crippen LogP contribution in [0.25, 0.3) is 22.2 Å². The molecule has 1 heterocycles. The van der Waals surface area contributed by atoms with Gasteiger partial charge in [-0.2, -0.15) is 0 Å². The number of ether oxygens (including phenoxy) is 1. The van der Waals surface area contributed by atoms with Crippen LogP contribution in [-0.4, -0.2) is 32.6 Å². The number of fused-ring (bicyclic) bond motifs is 1. The highest BCUT2D eigenvalue weighted by atomic mass is 16.5. The van der Waals surface area contributed by atoms with Crippen LogP contribution in [0.2, 0.25) is 0 Å². The minimum Gasteiger partial charge on any atom is -0.508 e. The zero-order valence-electron chi connectivity index (χ0n) is 13.3. The maximum absolute atomic E-state index is 12.5. The fraction of sp³-hybridized carbons (Fsp3) is 0.111. The molecule has 0 amide bonds. The number of aromatic nitrogens is 1. The summed E-state index contributed by atoms with van der Waals surface area (Å²) in [5.74, 6) is -0.887. The van der Waals surface area contributed by atoms with Gasteiger partial charge >= 0.3 is 6.09 Å². The molecule has 3 aromatic rings. The highest BCUT2D eigenvalue weighted by Crippen LogP contribution is 2.31. The number of carbonyl (C=O) groups excluding carboxylic acids is 1. The molecule has 128 valence electrons. The topological polar surface area (TPSA) is 109 Å². The van der Waals surface area contributed by atoms with E-state index in [1.54, 1.807) is 19.1 Å². The Hall–Kier alpha value is -3.48. The van der Waals surface area contributed by atoms with Gasteiger partial charge < -0.3 is 20.1 Å². The molecule has 7 nitrogen and oxygen atoms in total. The van der Waals surface area contributed by atoms with Crippen molar-refractivity contribution in [1.29, 1.82) is 0 Å². The van der Waals surface area contributed by atoms with Crippen molar-refractivity contribution in [3.63, 3.8) is 0 Å². The summed E-state index contributed by atoms with van der Waals surface area (Å²) >= 11 is 0. The van der Waals surface area contributed by atoms with Crippen molar-refractivity contribution >= 4 is 17.0 Å². The second-order valence-electron chi connectivity index (χ2n) is 5.33. The van der Waals surface area contributed by atoms with E-state index in [1.807, 2.05) is 0 Å². The van der Waals surface area contributed by atoms with Gasteiger partial charge in [0.1, 0.15) is 5.75 Å². The van der Waals surface area contributed by atoms with Gasteiger partial charge in [0.05, 0.1) is 23.2 Å². The molecular formula is C18H15NO6. The van der Waals surface area contributed by atoms with Crippen LogP contribution < -0.4 is 5.43 Å². The predicted octanol–water partition coefficient (Wildman–Crippen LogP) is 2.79. The van der Waals surface area contributed by atoms with E-state index in [1.165, 1.54) is 18.2 Å². The SMILES string of the molecule is CCOC(=O)n1c(-c2ccc(O)cc2)cc(=O)c2cc(O)c(O)cc21. The highest BCUT2D eigenvalue weighted by molar-refractivity contribution is 5.94. The van der Waals surface area contributed by atoms with Crippen LogP contribution in [0.15, 0.2) is 47.3 Å². The van der Waals surface area contributed by atoms with Crippen LogP contribution in [0.5, 0.6) is 17.2 Å². The number of carbonyl (C=O) groups is 1. The quantitative estimate of drug-likeness (QED) is 0.619. The minimum absolute atomic E-state index is 0.0390. The molecule has 1 aromatic heterocycles. The zero-order chi connectivity index (χ0) is 18.1. The van der Waals surface area contributed by atoms with Crippen LogP contribution in [0.4, 0.5) is 4.79 Å². The minimum atomic E-state index is -0.735. The summed E-state index contributed by atoms with van der Waals surface area (Å²) in [4.78, 5) is 24.9. The number of hydrogen-bond donors (Lipinski definition) is 3. The van der Waals surface area contributed by atoms with E-state index in [0.717, 1.165) is 16.7 Å². The second-order valence-corrected chi connectivity index (χ2v) is 5.33. The van der Waals surface area contributed by atoms with Crippen molar-refractivity contribution in [2.24, 2.45) is 0 Å². The lowest BCUT2D eigenvalue weighted by Gasteiger charge is -2.16. The fourth-order valence-corrected chi connectivity index (χ4v) is 2.57. The lowest BCUT2D eigenvalue weighted by molar-refractivity contribution is 0.155. The summed E-state index contributed by atoms with van der Waals surface area (Å²) < 4.78 is 6.20. The summed E-state index contributed by atoms with van der Waals surface area (Å²) in [5.41, 5.74) is 0.400. The van der Waals surface area contributed by atoms with Crippen molar-refractivity contribution in [1.82, 2.24) is 4.57 Å². The normalized spacial score (nSPS) is 10.8. The third-order valence-corrected chi connectivity index (χ3v) is 3.72. The number of hydrogen-bond acceptors (Lipinski definition) is 6. The Labute approximate surface area is 142 Å². The van der Waals surface area contributed by atoms with Crippen LogP contribution >= 0.6 is 0 Å². The number of rotatable bonds is 2. The van der Waals surface area contributed by atoms with Gasteiger partial charge in [-0.3, -0.25) is 4.79 Å². The summed E-state index contributed by atoms with van der Waals surface area (Å²) in [6.07, 6.45) is -0.735. The molecule has 25 heavy (non-hydrogen) atoms. The third kappa shape index (κ3) is 2.87. The Morgan fingerprint density at radius 1 is 1.04 bits per heavy atom. The van der Waals surface area contributed by atoms with E-state index in [9.17, 15) is 24.9 Å². The van der Waals surface area contributed by atoms with Crippen molar-refractivity contribution in [2.45, 2.75) is 6.92 Å². The van der Waals surface area contributed by atoms with Crippen molar-refractivity contribution in [3.8, 4) is 28.5 Å². The largest absolute Gasteiger partial charge is 0.508 e. The lowest BCUT2D eigenvalue weighted by Crippen LogP contribution is -2.20. The first-order valence-electron chi connectivity index (χ1n) is 7.50. The number of pyridine rings is 1. The van der Waals surface area contributed by atoms with Gasteiger partial charge in [0.15, 0.2) is 16.9 Å². The van der Waals surface area contributed by atoms with E-state index < -0.39 is 23.0 Å². The molecule has 0 aliphatic heterocycles. The lowest BCUT2D eigenvalue weighted by atomic mass is 10.1. The van der Waals surface area contributed by atoms with E-state index in [4.69, 9.17) is 4.74 Å². The molecule has 0 spiro atoms. The predicted molar refractivity (Wildman–Crippen MR) is 91.1 cm³/mol. The molecule has 0 bridgehead atoms. The molecule has 0 fully saturated rings. The van der Waals surface area contributed by atoms with Gasteiger partial charge in [-0.1, -0.05) is 0 Å². The standard InChI is InChI=1S/C18H15NO6/c1-2-25-18(24)19-13(10-3-5-11(20)6-4-10)8-15(21)12-7-16(22)17(23)9-14(12)19/h3-9,20,22-23H,2H2,1H3. The fourth-order valence-electron chi connectivity index (χ4n) is 2.57. The molecule has 0 unspecified atom stereocenters. The molecule has 0 saturated carbocycles. The summed E-state index contributed by atoms with van der Waals surface area (Å²) in [6, 6.07) is 9.41. The monoisotopic (exact) mass is 341 g/mol. The first-order chi connectivity index (χ1) is 11.9. The summed E-state index contributed by atoms with van der Waals surface area (Å²) in [5, 5.41) is 28.9. The van der Waals surface area contributed by atoms with Crippen LogP contribution in [0.3, 0.4) is 0 Å². The number of benzene rings is 2. The average Bonchev–Trinajstić information content (AvgIpc) is 2.57. The Bertz CT molecular complexity index is 1020. The molecule has 0 atom stereocenters. The summed E-state index contributed by atoms with van der Waals surface area (Å²) in [6.45, 7) is 1.76. The molecule has 2 aromatic carbocycles.